The Balaban J connectivity index is 1.77. The van der Waals surface area contributed by atoms with Crippen LogP contribution < -0.4 is 15.0 Å². The lowest BCUT2D eigenvalue weighted by atomic mass is 10.1. The van der Waals surface area contributed by atoms with E-state index in [1.54, 1.807) is 13.2 Å². The third-order valence-corrected chi connectivity index (χ3v) is 5.52. The van der Waals surface area contributed by atoms with Gasteiger partial charge in [-0.3, -0.25) is 14.9 Å². The fourth-order valence-corrected chi connectivity index (χ4v) is 3.94. The Bertz CT molecular complexity index is 1280. The Morgan fingerprint density at radius 2 is 1.69 bits per heavy atom. The topological polar surface area (TPSA) is 80.6 Å². The van der Waals surface area contributed by atoms with Crippen LogP contribution in [0, 0.1) is 6.92 Å². The van der Waals surface area contributed by atoms with Crippen molar-refractivity contribution in [2.75, 3.05) is 12.0 Å². The molecule has 1 aliphatic heterocycles. The van der Waals surface area contributed by atoms with Crippen molar-refractivity contribution in [2.45, 2.75) is 6.92 Å². The van der Waals surface area contributed by atoms with E-state index in [0.717, 1.165) is 16.3 Å². The molecule has 1 saturated heterocycles. The van der Waals surface area contributed by atoms with Crippen LogP contribution in [0.1, 0.15) is 11.4 Å². The van der Waals surface area contributed by atoms with Crippen LogP contribution in [-0.2, 0) is 9.59 Å². The molecule has 162 valence electrons. The summed E-state index contributed by atoms with van der Waals surface area (Å²) in [4.78, 5) is 39.0. The van der Waals surface area contributed by atoms with Gasteiger partial charge in [-0.15, -0.1) is 0 Å². The van der Waals surface area contributed by atoms with Gasteiger partial charge in [0.25, 0.3) is 11.8 Å². The molecule has 1 fully saturated rings. The summed E-state index contributed by atoms with van der Waals surface area (Å²) in [5, 5.41) is 2.65. The first kappa shape index (κ1) is 21.7. The van der Waals surface area contributed by atoms with Gasteiger partial charge in [0.05, 0.1) is 17.8 Å². The van der Waals surface area contributed by atoms with E-state index in [2.05, 4.69) is 5.32 Å². The molecule has 0 spiro atoms. The monoisotopic (exact) mass is 469 g/mol. The smallest absolute Gasteiger partial charge is 0.335 e. The number of rotatable bonds is 4. The minimum atomic E-state index is -0.886. The van der Waals surface area contributed by atoms with E-state index < -0.39 is 17.8 Å². The Hall–Kier alpha value is -3.55. The molecule has 3 aromatic rings. The maximum atomic E-state index is 13.2. The molecule has 4 rings (SSSR count). The molecule has 4 amide bonds. The number of ether oxygens (including phenoxy) is 1. The van der Waals surface area contributed by atoms with Gasteiger partial charge in [0.1, 0.15) is 11.3 Å². The summed E-state index contributed by atoms with van der Waals surface area (Å²) >= 11 is 12.1. The standard InChI is InChI=1S/C23H17Cl2N3O4/c1-13-3-5-16(27(13)15-6-8-17(32-2)9-7-15)12-18-21(29)26-23(31)28(22(18)30)20-10-4-14(24)11-19(20)25/h3-12H,1-2H3,(H,26,29,31)/b18-12+. The molecule has 0 aliphatic carbocycles. The molecule has 1 N–H and O–H groups in total. The van der Waals surface area contributed by atoms with Gasteiger partial charge in [0.2, 0.25) is 0 Å². The Morgan fingerprint density at radius 3 is 2.34 bits per heavy atom. The van der Waals surface area contributed by atoms with Crippen molar-refractivity contribution in [1.82, 2.24) is 9.88 Å². The number of anilines is 1. The highest BCUT2D eigenvalue weighted by Gasteiger charge is 2.38. The number of nitrogens with one attached hydrogen (secondary N) is 1. The van der Waals surface area contributed by atoms with E-state index in [9.17, 15) is 14.4 Å². The van der Waals surface area contributed by atoms with Crippen LogP contribution in [0.2, 0.25) is 10.0 Å². The van der Waals surface area contributed by atoms with E-state index in [0.29, 0.717) is 16.5 Å². The number of amides is 4. The fraction of sp³-hybridized carbons (Fsp3) is 0.0870. The number of barbiturate groups is 1. The zero-order valence-corrected chi connectivity index (χ0v) is 18.6. The number of hydrogen-bond acceptors (Lipinski definition) is 4. The number of halogens is 2. The molecule has 0 radical (unpaired) electrons. The zero-order chi connectivity index (χ0) is 23.0. The van der Waals surface area contributed by atoms with Gasteiger partial charge in [-0.2, -0.15) is 0 Å². The first-order valence-corrected chi connectivity index (χ1v) is 10.2. The molecule has 2 heterocycles. The first-order valence-electron chi connectivity index (χ1n) is 9.49. The Labute approximate surface area is 193 Å². The van der Waals surface area contributed by atoms with E-state index in [1.807, 2.05) is 41.8 Å². The molecular weight excluding hydrogens is 453 g/mol. The highest BCUT2D eigenvalue weighted by Crippen LogP contribution is 2.31. The van der Waals surface area contributed by atoms with E-state index >= 15 is 0 Å². The van der Waals surface area contributed by atoms with Crippen molar-refractivity contribution in [3.63, 3.8) is 0 Å². The number of hydrogen-bond donors (Lipinski definition) is 1. The van der Waals surface area contributed by atoms with Crippen molar-refractivity contribution in [3.8, 4) is 11.4 Å². The molecule has 1 aliphatic rings. The van der Waals surface area contributed by atoms with Gasteiger partial charge in [-0.05, 0) is 67.6 Å². The Morgan fingerprint density at radius 1 is 0.969 bits per heavy atom. The summed E-state index contributed by atoms with van der Waals surface area (Å²) in [6.07, 6.45) is 1.44. The molecule has 0 atom stereocenters. The number of nitrogens with zero attached hydrogens (tertiary/aromatic N) is 2. The van der Waals surface area contributed by atoms with Crippen molar-refractivity contribution in [1.29, 1.82) is 0 Å². The molecule has 0 bridgehead atoms. The number of imide groups is 2. The highest BCUT2D eigenvalue weighted by atomic mass is 35.5. The van der Waals surface area contributed by atoms with E-state index in [-0.39, 0.29) is 16.3 Å². The minimum absolute atomic E-state index is 0.104. The van der Waals surface area contributed by atoms with Crippen LogP contribution in [0.15, 0.2) is 60.2 Å². The van der Waals surface area contributed by atoms with Crippen molar-refractivity contribution < 1.29 is 19.1 Å². The third kappa shape index (κ3) is 3.88. The summed E-state index contributed by atoms with van der Waals surface area (Å²) in [6, 6.07) is 14.5. The normalized spacial score (nSPS) is 15.3. The predicted molar refractivity (Wildman–Crippen MR) is 123 cm³/mol. The van der Waals surface area contributed by atoms with Gasteiger partial charge in [-0.1, -0.05) is 23.2 Å². The number of aryl methyl sites for hydroxylation is 1. The molecule has 9 heteroatoms. The van der Waals surface area contributed by atoms with Crippen LogP contribution in [-0.4, -0.2) is 29.5 Å². The lowest BCUT2D eigenvalue weighted by molar-refractivity contribution is -0.122. The average molecular weight is 470 g/mol. The van der Waals surface area contributed by atoms with Crippen molar-refractivity contribution >= 4 is 52.8 Å². The van der Waals surface area contributed by atoms with Gasteiger partial charge in [0.15, 0.2) is 0 Å². The second-order valence-electron chi connectivity index (χ2n) is 6.99. The Kier molecular flexibility index (Phi) is 5.78. The highest BCUT2D eigenvalue weighted by molar-refractivity contribution is 6.42. The summed E-state index contributed by atoms with van der Waals surface area (Å²) in [6.45, 7) is 1.90. The number of aromatic nitrogens is 1. The fourth-order valence-electron chi connectivity index (χ4n) is 3.44. The van der Waals surface area contributed by atoms with E-state index in [1.165, 1.54) is 24.3 Å². The van der Waals surface area contributed by atoms with Gasteiger partial charge in [-0.25, -0.2) is 9.69 Å². The average Bonchev–Trinajstić information content (AvgIpc) is 3.12. The number of benzene rings is 2. The minimum Gasteiger partial charge on any atom is -0.497 e. The number of carbonyl (C=O) groups excluding carboxylic acids is 3. The zero-order valence-electron chi connectivity index (χ0n) is 17.1. The first-order chi connectivity index (χ1) is 15.3. The maximum absolute atomic E-state index is 13.2. The summed E-state index contributed by atoms with van der Waals surface area (Å²) in [7, 11) is 1.58. The molecule has 7 nitrogen and oxygen atoms in total. The molecule has 0 saturated carbocycles. The van der Waals surface area contributed by atoms with Crippen LogP contribution >= 0.6 is 23.2 Å². The van der Waals surface area contributed by atoms with Gasteiger partial charge >= 0.3 is 6.03 Å². The lowest BCUT2D eigenvalue weighted by Gasteiger charge is -2.27. The number of methoxy groups -OCH3 is 1. The molecule has 2 aromatic carbocycles. The predicted octanol–water partition coefficient (Wildman–Crippen LogP) is 4.77. The SMILES string of the molecule is COc1ccc(-n2c(C)ccc2/C=C2\C(=O)NC(=O)N(c3ccc(Cl)cc3Cl)C2=O)cc1. The lowest BCUT2D eigenvalue weighted by Crippen LogP contribution is -2.54. The maximum Gasteiger partial charge on any atom is 0.335 e. The van der Waals surface area contributed by atoms with Crippen molar-refractivity contribution in [3.05, 3.63) is 81.6 Å². The van der Waals surface area contributed by atoms with Crippen molar-refractivity contribution in [2.24, 2.45) is 0 Å². The molecule has 0 unspecified atom stereocenters. The van der Waals surface area contributed by atoms with Crippen LogP contribution in [0.4, 0.5) is 10.5 Å². The molecule has 1 aromatic heterocycles. The van der Waals surface area contributed by atoms with Crippen LogP contribution in [0.3, 0.4) is 0 Å². The molecule has 32 heavy (non-hydrogen) atoms. The quantitative estimate of drug-likeness (QED) is 0.440. The van der Waals surface area contributed by atoms with Gasteiger partial charge in [0, 0.05) is 22.1 Å². The number of carbonyl (C=O) groups is 3. The second-order valence-corrected chi connectivity index (χ2v) is 7.83. The third-order valence-electron chi connectivity index (χ3n) is 4.98. The summed E-state index contributed by atoms with van der Waals surface area (Å²) in [5.41, 5.74) is 2.21. The van der Waals surface area contributed by atoms with Gasteiger partial charge < -0.3 is 9.30 Å². The summed E-state index contributed by atoms with van der Waals surface area (Å²) < 4.78 is 7.08. The van der Waals surface area contributed by atoms with E-state index in [4.69, 9.17) is 27.9 Å². The second kappa shape index (κ2) is 8.53. The van der Waals surface area contributed by atoms with Crippen LogP contribution in [0.25, 0.3) is 11.8 Å². The summed E-state index contributed by atoms with van der Waals surface area (Å²) in [5.74, 6) is -0.876. The largest absolute Gasteiger partial charge is 0.497 e. The number of urea groups is 1. The molecular formula is C23H17Cl2N3O4. The van der Waals surface area contributed by atoms with Crippen LogP contribution in [0.5, 0.6) is 5.75 Å².